The molecule has 0 spiro atoms. The van der Waals surface area contributed by atoms with E-state index in [4.69, 9.17) is 18.9 Å². The molecule has 6 heteroatoms. The van der Waals surface area contributed by atoms with E-state index in [1.165, 1.54) is 0 Å². The smallest absolute Gasteiger partial charge is 0.196 e. The lowest BCUT2D eigenvalue weighted by molar-refractivity contribution is 0.355. The number of anilines is 1. The first-order chi connectivity index (χ1) is 13.8. The zero-order valence-electron chi connectivity index (χ0n) is 16.1. The molecule has 28 heavy (non-hydrogen) atoms. The quantitative estimate of drug-likeness (QED) is 0.456. The highest BCUT2D eigenvalue weighted by Gasteiger charge is 2.07. The van der Waals surface area contributed by atoms with Gasteiger partial charge in [0.1, 0.15) is 5.76 Å². The standard InChI is InChI=1S/C22H25N3O3/c1-26-20-11-10-18(15-21(20)27-2)25-22(23-13-12-19-9-6-14-28-19)24-16-17-7-4-3-5-8-17/h3-11,14-15H,12-13,16H2,1-2H3,(H2,23,24,25). The molecule has 0 fully saturated rings. The van der Waals surface area contributed by atoms with Crippen LogP contribution in [-0.4, -0.2) is 26.7 Å². The number of nitrogens with one attached hydrogen (secondary N) is 2. The summed E-state index contributed by atoms with van der Waals surface area (Å²) in [6.07, 6.45) is 2.45. The predicted molar refractivity (Wildman–Crippen MR) is 111 cm³/mol. The van der Waals surface area contributed by atoms with Crippen LogP contribution < -0.4 is 20.1 Å². The normalized spacial score (nSPS) is 11.1. The largest absolute Gasteiger partial charge is 0.493 e. The molecule has 0 aliphatic carbocycles. The second-order valence-electron chi connectivity index (χ2n) is 6.10. The van der Waals surface area contributed by atoms with Crippen molar-refractivity contribution in [1.82, 2.24) is 5.32 Å². The number of furan rings is 1. The maximum absolute atomic E-state index is 5.39. The van der Waals surface area contributed by atoms with E-state index in [0.29, 0.717) is 30.5 Å². The van der Waals surface area contributed by atoms with Crippen LogP contribution in [0.2, 0.25) is 0 Å². The van der Waals surface area contributed by atoms with E-state index in [1.807, 2.05) is 48.5 Å². The molecule has 0 atom stereocenters. The van der Waals surface area contributed by atoms with E-state index in [1.54, 1.807) is 20.5 Å². The number of hydrogen-bond acceptors (Lipinski definition) is 4. The molecule has 2 N–H and O–H groups in total. The summed E-state index contributed by atoms with van der Waals surface area (Å²) in [5.74, 6) is 2.95. The SMILES string of the molecule is COc1ccc(NC(=NCc2ccccc2)NCCc2ccco2)cc1OC. The summed E-state index contributed by atoms with van der Waals surface area (Å²) >= 11 is 0. The minimum atomic E-state index is 0.574. The van der Waals surface area contributed by atoms with Crippen molar-refractivity contribution in [3.63, 3.8) is 0 Å². The Bertz CT molecular complexity index is 877. The topological polar surface area (TPSA) is 68.0 Å². The minimum absolute atomic E-state index is 0.574. The number of benzene rings is 2. The van der Waals surface area contributed by atoms with E-state index in [-0.39, 0.29) is 0 Å². The van der Waals surface area contributed by atoms with Crippen molar-refractivity contribution in [3.05, 3.63) is 78.3 Å². The number of rotatable bonds is 8. The van der Waals surface area contributed by atoms with E-state index >= 15 is 0 Å². The molecular weight excluding hydrogens is 354 g/mol. The molecule has 0 radical (unpaired) electrons. The maximum atomic E-state index is 5.39. The fourth-order valence-electron chi connectivity index (χ4n) is 2.70. The number of guanidine groups is 1. The Morgan fingerprint density at radius 1 is 0.964 bits per heavy atom. The number of hydrogen-bond donors (Lipinski definition) is 2. The second-order valence-corrected chi connectivity index (χ2v) is 6.10. The van der Waals surface area contributed by atoms with Gasteiger partial charge < -0.3 is 24.5 Å². The molecule has 0 bridgehead atoms. The van der Waals surface area contributed by atoms with Gasteiger partial charge in [0, 0.05) is 24.7 Å². The van der Waals surface area contributed by atoms with Gasteiger partial charge in [-0.3, -0.25) is 0 Å². The van der Waals surface area contributed by atoms with Crippen molar-refractivity contribution in [2.45, 2.75) is 13.0 Å². The third-order valence-corrected chi connectivity index (χ3v) is 4.15. The van der Waals surface area contributed by atoms with Gasteiger partial charge in [-0.15, -0.1) is 0 Å². The summed E-state index contributed by atoms with van der Waals surface area (Å²) in [5, 5.41) is 6.68. The van der Waals surface area contributed by atoms with Gasteiger partial charge in [0.05, 0.1) is 27.0 Å². The summed E-state index contributed by atoms with van der Waals surface area (Å²) in [5.41, 5.74) is 2.00. The van der Waals surface area contributed by atoms with Crippen LogP contribution in [0.5, 0.6) is 11.5 Å². The lowest BCUT2D eigenvalue weighted by atomic mass is 10.2. The Morgan fingerprint density at radius 2 is 1.79 bits per heavy atom. The monoisotopic (exact) mass is 379 g/mol. The molecule has 0 saturated carbocycles. The van der Waals surface area contributed by atoms with Crippen LogP contribution in [0.3, 0.4) is 0 Å². The highest BCUT2D eigenvalue weighted by atomic mass is 16.5. The molecule has 2 aromatic carbocycles. The average Bonchev–Trinajstić information content (AvgIpc) is 3.26. The molecule has 0 amide bonds. The van der Waals surface area contributed by atoms with Crippen molar-refractivity contribution < 1.29 is 13.9 Å². The number of aliphatic imine (C=N–C) groups is 1. The van der Waals surface area contributed by atoms with Crippen LogP contribution in [0.4, 0.5) is 5.69 Å². The molecule has 0 saturated heterocycles. The highest BCUT2D eigenvalue weighted by molar-refractivity contribution is 5.94. The Hall–Kier alpha value is -3.41. The van der Waals surface area contributed by atoms with Crippen molar-refractivity contribution in [2.24, 2.45) is 4.99 Å². The van der Waals surface area contributed by atoms with Gasteiger partial charge in [0.2, 0.25) is 0 Å². The molecule has 0 unspecified atom stereocenters. The summed E-state index contributed by atoms with van der Waals surface area (Å²) in [7, 11) is 3.24. The maximum Gasteiger partial charge on any atom is 0.196 e. The first-order valence-electron chi connectivity index (χ1n) is 9.12. The van der Waals surface area contributed by atoms with Gasteiger partial charge in [-0.1, -0.05) is 30.3 Å². The third kappa shape index (κ3) is 5.54. The minimum Gasteiger partial charge on any atom is -0.493 e. The van der Waals surface area contributed by atoms with E-state index < -0.39 is 0 Å². The van der Waals surface area contributed by atoms with Crippen molar-refractivity contribution in [1.29, 1.82) is 0 Å². The Balaban J connectivity index is 1.71. The molecule has 3 aromatic rings. The van der Waals surface area contributed by atoms with Gasteiger partial charge in [0.25, 0.3) is 0 Å². The fraction of sp³-hybridized carbons (Fsp3) is 0.227. The van der Waals surface area contributed by atoms with E-state index in [0.717, 1.165) is 23.4 Å². The van der Waals surface area contributed by atoms with Gasteiger partial charge >= 0.3 is 0 Å². The van der Waals surface area contributed by atoms with Crippen LogP contribution >= 0.6 is 0 Å². The lowest BCUT2D eigenvalue weighted by Gasteiger charge is -2.14. The van der Waals surface area contributed by atoms with Crippen LogP contribution in [0, 0.1) is 0 Å². The second kappa shape index (κ2) is 10.1. The van der Waals surface area contributed by atoms with Gasteiger partial charge in [-0.25, -0.2) is 4.99 Å². The Kier molecular flexibility index (Phi) is 6.95. The van der Waals surface area contributed by atoms with Gasteiger partial charge in [-0.2, -0.15) is 0 Å². The van der Waals surface area contributed by atoms with Gasteiger partial charge in [0.15, 0.2) is 17.5 Å². The Labute approximate surface area is 165 Å². The third-order valence-electron chi connectivity index (χ3n) is 4.15. The van der Waals surface area contributed by atoms with Crippen LogP contribution in [0.1, 0.15) is 11.3 Å². The summed E-state index contributed by atoms with van der Waals surface area (Å²) in [6, 6.07) is 19.6. The van der Waals surface area contributed by atoms with E-state index in [9.17, 15) is 0 Å². The van der Waals surface area contributed by atoms with Crippen molar-refractivity contribution in [3.8, 4) is 11.5 Å². The number of ether oxygens (including phenoxy) is 2. The molecule has 0 aliphatic heterocycles. The molecular formula is C22H25N3O3. The predicted octanol–water partition coefficient (Wildman–Crippen LogP) is 4.10. The molecule has 1 heterocycles. The molecule has 1 aromatic heterocycles. The first-order valence-corrected chi connectivity index (χ1v) is 9.12. The lowest BCUT2D eigenvalue weighted by Crippen LogP contribution is -2.32. The molecule has 0 aliphatic rings. The highest BCUT2D eigenvalue weighted by Crippen LogP contribution is 2.29. The number of methoxy groups -OCH3 is 2. The van der Waals surface area contributed by atoms with Crippen molar-refractivity contribution in [2.75, 3.05) is 26.1 Å². The summed E-state index contributed by atoms with van der Waals surface area (Å²) < 4.78 is 16.1. The van der Waals surface area contributed by atoms with Crippen LogP contribution in [0.15, 0.2) is 76.3 Å². The first kappa shape index (κ1) is 19.4. The van der Waals surface area contributed by atoms with Crippen LogP contribution in [-0.2, 0) is 13.0 Å². The van der Waals surface area contributed by atoms with Crippen molar-refractivity contribution >= 4 is 11.6 Å². The molecule has 146 valence electrons. The Morgan fingerprint density at radius 3 is 2.50 bits per heavy atom. The van der Waals surface area contributed by atoms with Crippen LogP contribution in [0.25, 0.3) is 0 Å². The zero-order chi connectivity index (χ0) is 19.6. The zero-order valence-corrected chi connectivity index (χ0v) is 16.1. The summed E-state index contributed by atoms with van der Waals surface area (Å²) in [4.78, 5) is 4.70. The van der Waals surface area contributed by atoms with E-state index in [2.05, 4.69) is 22.8 Å². The summed E-state index contributed by atoms with van der Waals surface area (Å²) in [6.45, 7) is 1.27. The van der Waals surface area contributed by atoms with Gasteiger partial charge in [-0.05, 0) is 29.8 Å². The fourth-order valence-corrected chi connectivity index (χ4v) is 2.70. The average molecular weight is 379 g/mol. The number of nitrogens with zero attached hydrogens (tertiary/aromatic N) is 1. The molecule has 3 rings (SSSR count). The molecule has 6 nitrogen and oxygen atoms in total.